The van der Waals surface area contributed by atoms with Gasteiger partial charge in [-0.2, -0.15) is 0 Å². The number of anilines is 1. The van der Waals surface area contributed by atoms with Gasteiger partial charge in [-0.15, -0.1) is 0 Å². The van der Waals surface area contributed by atoms with Crippen molar-refractivity contribution in [2.75, 3.05) is 12.4 Å². The van der Waals surface area contributed by atoms with E-state index in [-0.39, 0.29) is 5.82 Å². The molecule has 0 unspecified atom stereocenters. The van der Waals surface area contributed by atoms with Crippen LogP contribution < -0.4 is 10.1 Å². The molecular weight excluding hydrogens is 281 g/mol. The molecule has 0 saturated carbocycles. The van der Waals surface area contributed by atoms with E-state index in [2.05, 4.69) is 15.3 Å². The van der Waals surface area contributed by atoms with Crippen molar-refractivity contribution >= 4 is 16.7 Å². The van der Waals surface area contributed by atoms with Crippen LogP contribution in [0.1, 0.15) is 11.4 Å². The molecule has 0 fully saturated rings. The monoisotopic (exact) mass is 297 g/mol. The predicted molar refractivity (Wildman–Crippen MR) is 84.7 cm³/mol. The van der Waals surface area contributed by atoms with Gasteiger partial charge in [0, 0.05) is 11.9 Å². The van der Waals surface area contributed by atoms with Crippen LogP contribution in [0.15, 0.2) is 48.5 Å². The molecule has 0 radical (unpaired) electrons. The number of aromatic nitrogens is 2. The lowest BCUT2D eigenvalue weighted by molar-refractivity contribution is 0.414. The number of para-hydroxylation sites is 1. The summed E-state index contributed by atoms with van der Waals surface area (Å²) >= 11 is 0. The fraction of sp³-hybridized carbons (Fsp3) is 0.176. The molecule has 22 heavy (non-hydrogen) atoms. The van der Waals surface area contributed by atoms with Crippen molar-refractivity contribution in [2.45, 2.75) is 13.2 Å². The number of methoxy groups -OCH3 is 1. The first-order valence-electron chi connectivity index (χ1n) is 6.98. The molecule has 0 bridgehead atoms. The Kier molecular flexibility index (Phi) is 4.14. The predicted octanol–water partition coefficient (Wildman–Crippen LogP) is 3.72. The summed E-state index contributed by atoms with van der Waals surface area (Å²) in [5, 5.41) is 4.14. The molecule has 0 amide bonds. The van der Waals surface area contributed by atoms with Gasteiger partial charge in [-0.25, -0.2) is 14.4 Å². The van der Waals surface area contributed by atoms with Crippen molar-refractivity contribution in [1.82, 2.24) is 9.97 Å². The number of alkyl halides is 1. The molecule has 112 valence electrons. The fourth-order valence-corrected chi connectivity index (χ4v) is 2.25. The molecule has 1 heterocycles. The third-order valence-electron chi connectivity index (χ3n) is 3.39. The van der Waals surface area contributed by atoms with Gasteiger partial charge in [0.05, 0.1) is 12.6 Å². The number of hydrogen-bond acceptors (Lipinski definition) is 4. The van der Waals surface area contributed by atoms with Crippen LogP contribution in [0, 0.1) is 0 Å². The summed E-state index contributed by atoms with van der Waals surface area (Å²) in [7, 11) is 1.64. The Morgan fingerprint density at radius 3 is 2.55 bits per heavy atom. The fourth-order valence-electron chi connectivity index (χ4n) is 2.25. The number of halogens is 1. The van der Waals surface area contributed by atoms with Gasteiger partial charge in [-0.1, -0.05) is 24.3 Å². The zero-order chi connectivity index (χ0) is 15.4. The zero-order valence-corrected chi connectivity index (χ0v) is 12.2. The Balaban J connectivity index is 1.86. The number of fused-ring (bicyclic) bond motifs is 1. The molecule has 0 atom stereocenters. The summed E-state index contributed by atoms with van der Waals surface area (Å²) in [5.41, 5.74) is 1.83. The van der Waals surface area contributed by atoms with E-state index in [9.17, 15) is 4.39 Å². The summed E-state index contributed by atoms with van der Waals surface area (Å²) in [4.78, 5) is 8.44. The second kappa shape index (κ2) is 6.39. The summed E-state index contributed by atoms with van der Waals surface area (Å²) in [5.74, 6) is 1.65. The van der Waals surface area contributed by atoms with Crippen LogP contribution >= 0.6 is 0 Å². The average molecular weight is 297 g/mol. The minimum Gasteiger partial charge on any atom is -0.497 e. The van der Waals surface area contributed by atoms with E-state index in [0.29, 0.717) is 12.4 Å². The largest absolute Gasteiger partial charge is 0.497 e. The molecule has 5 heteroatoms. The lowest BCUT2D eigenvalue weighted by atomic mass is 10.2. The summed E-state index contributed by atoms with van der Waals surface area (Å²) in [6.07, 6.45) is 0. The van der Waals surface area contributed by atoms with E-state index in [1.807, 2.05) is 48.5 Å². The van der Waals surface area contributed by atoms with E-state index in [1.54, 1.807) is 7.11 Å². The van der Waals surface area contributed by atoms with Crippen LogP contribution in [0.5, 0.6) is 5.75 Å². The van der Waals surface area contributed by atoms with Gasteiger partial charge < -0.3 is 10.1 Å². The van der Waals surface area contributed by atoms with E-state index in [4.69, 9.17) is 4.74 Å². The maximum atomic E-state index is 12.9. The first-order chi connectivity index (χ1) is 10.8. The average Bonchev–Trinajstić information content (AvgIpc) is 2.59. The second-order valence-corrected chi connectivity index (χ2v) is 4.84. The lowest BCUT2D eigenvalue weighted by Crippen LogP contribution is -2.05. The van der Waals surface area contributed by atoms with Gasteiger partial charge in [0.2, 0.25) is 0 Å². The van der Waals surface area contributed by atoms with Crippen LogP contribution in [0.25, 0.3) is 10.9 Å². The van der Waals surface area contributed by atoms with Crippen LogP contribution in [-0.2, 0) is 13.2 Å². The molecule has 1 aromatic heterocycles. The van der Waals surface area contributed by atoms with Crippen LogP contribution in [-0.4, -0.2) is 17.1 Å². The molecule has 3 aromatic rings. The Hall–Kier alpha value is -2.69. The number of nitrogens with zero attached hydrogens (tertiary/aromatic N) is 2. The Morgan fingerprint density at radius 2 is 1.82 bits per heavy atom. The summed E-state index contributed by atoms with van der Waals surface area (Å²) in [6, 6.07) is 15.3. The van der Waals surface area contributed by atoms with Gasteiger partial charge in [0.1, 0.15) is 18.2 Å². The lowest BCUT2D eigenvalue weighted by Gasteiger charge is -2.10. The molecule has 0 saturated heterocycles. The quantitative estimate of drug-likeness (QED) is 0.779. The summed E-state index contributed by atoms with van der Waals surface area (Å²) in [6.45, 7) is -0.0845. The second-order valence-electron chi connectivity index (χ2n) is 4.84. The number of benzene rings is 2. The molecular formula is C17H16FN3O. The van der Waals surface area contributed by atoms with Crippen molar-refractivity contribution in [3.05, 3.63) is 59.9 Å². The van der Waals surface area contributed by atoms with Crippen molar-refractivity contribution in [3.63, 3.8) is 0 Å². The molecule has 1 N–H and O–H groups in total. The van der Waals surface area contributed by atoms with Crippen LogP contribution in [0.4, 0.5) is 10.2 Å². The van der Waals surface area contributed by atoms with E-state index < -0.39 is 6.67 Å². The van der Waals surface area contributed by atoms with Crippen molar-refractivity contribution < 1.29 is 9.13 Å². The SMILES string of the molecule is COc1ccc(CNc2nc(CF)nc3ccccc23)cc1. The number of hydrogen-bond donors (Lipinski definition) is 1. The highest BCUT2D eigenvalue weighted by atomic mass is 19.1. The van der Waals surface area contributed by atoms with Gasteiger partial charge in [0.15, 0.2) is 5.82 Å². The normalized spacial score (nSPS) is 10.6. The molecule has 4 nitrogen and oxygen atoms in total. The van der Waals surface area contributed by atoms with Crippen LogP contribution in [0.2, 0.25) is 0 Å². The minimum atomic E-state index is -0.679. The van der Waals surface area contributed by atoms with Crippen molar-refractivity contribution in [1.29, 1.82) is 0 Å². The van der Waals surface area contributed by atoms with E-state index in [1.165, 1.54) is 0 Å². The third-order valence-corrected chi connectivity index (χ3v) is 3.39. The number of nitrogens with one attached hydrogen (secondary N) is 1. The van der Waals surface area contributed by atoms with E-state index >= 15 is 0 Å². The number of rotatable bonds is 5. The van der Waals surface area contributed by atoms with Crippen molar-refractivity contribution in [3.8, 4) is 5.75 Å². The van der Waals surface area contributed by atoms with E-state index in [0.717, 1.165) is 22.2 Å². The Bertz CT molecular complexity index is 774. The first kappa shape index (κ1) is 14.3. The minimum absolute atomic E-state index is 0.191. The van der Waals surface area contributed by atoms with Gasteiger partial charge in [0.25, 0.3) is 0 Å². The number of ether oxygens (including phenoxy) is 1. The topological polar surface area (TPSA) is 47.0 Å². The standard InChI is InChI=1S/C17H16FN3O/c1-22-13-8-6-12(7-9-13)11-19-17-14-4-2-3-5-15(14)20-16(10-18)21-17/h2-9H,10-11H2,1H3,(H,19,20,21). The third kappa shape index (κ3) is 2.98. The Morgan fingerprint density at radius 1 is 1.05 bits per heavy atom. The molecule has 0 spiro atoms. The Labute approximate surface area is 128 Å². The maximum Gasteiger partial charge on any atom is 0.162 e. The van der Waals surface area contributed by atoms with Gasteiger partial charge in [-0.3, -0.25) is 0 Å². The van der Waals surface area contributed by atoms with Gasteiger partial charge in [-0.05, 0) is 29.8 Å². The highest BCUT2D eigenvalue weighted by Gasteiger charge is 2.07. The molecule has 0 aliphatic carbocycles. The summed E-state index contributed by atoms with van der Waals surface area (Å²) < 4.78 is 18.1. The molecule has 0 aliphatic heterocycles. The molecule has 3 rings (SSSR count). The first-order valence-corrected chi connectivity index (χ1v) is 6.98. The highest BCUT2D eigenvalue weighted by Crippen LogP contribution is 2.21. The maximum absolute atomic E-state index is 12.9. The van der Waals surface area contributed by atoms with Gasteiger partial charge >= 0.3 is 0 Å². The highest BCUT2D eigenvalue weighted by molar-refractivity contribution is 5.88. The smallest absolute Gasteiger partial charge is 0.162 e. The zero-order valence-electron chi connectivity index (χ0n) is 12.2. The molecule has 2 aromatic carbocycles. The molecule has 0 aliphatic rings. The van der Waals surface area contributed by atoms with Crippen molar-refractivity contribution in [2.24, 2.45) is 0 Å². The van der Waals surface area contributed by atoms with Crippen LogP contribution in [0.3, 0.4) is 0 Å².